The third-order valence-electron chi connectivity index (χ3n) is 3.60. The molecule has 1 aliphatic heterocycles. The third kappa shape index (κ3) is 5.79. The number of piperidine rings is 1. The van der Waals surface area contributed by atoms with E-state index in [9.17, 15) is 4.79 Å². The second-order valence-corrected chi connectivity index (χ2v) is 5.80. The van der Waals surface area contributed by atoms with E-state index in [1.165, 1.54) is 6.92 Å². The van der Waals surface area contributed by atoms with Crippen molar-refractivity contribution in [3.63, 3.8) is 0 Å². The molecule has 0 aromatic carbocycles. The number of hydrogen-bond donors (Lipinski definition) is 0. The van der Waals surface area contributed by atoms with Crippen molar-refractivity contribution in [3.05, 3.63) is 10.2 Å². The summed E-state index contributed by atoms with van der Waals surface area (Å²) in [4.78, 5) is 13.5. The molecule has 0 aromatic rings. The van der Waals surface area contributed by atoms with Crippen molar-refractivity contribution in [1.29, 1.82) is 0 Å². The van der Waals surface area contributed by atoms with E-state index in [1.807, 2.05) is 4.08 Å². The number of nitrogens with zero attached hydrogens (tertiary/aromatic N) is 1. The molecule has 5 heteroatoms. The Morgan fingerprint density at radius 2 is 2.32 bits per heavy atom. The van der Waals surface area contributed by atoms with Crippen LogP contribution in [0.3, 0.4) is 0 Å². The predicted octanol–water partition coefficient (Wildman–Crippen LogP) is 2.61. The van der Waals surface area contributed by atoms with E-state index in [0.717, 1.165) is 32.4 Å². The summed E-state index contributed by atoms with van der Waals surface area (Å²) in [7, 11) is 3.85. The SMILES string of the molecule is COC(CC/C=C/I)C1CN(C)CCC1OC(C)=O. The van der Waals surface area contributed by atoms with E-state index in [-0.39, 0.29) is 24.1 Å². The van der Waals surface area contributed by atoms with Crippen molar-refractivity contribution >= 4 is 28.6 Å². The van der Waals surface area contributed by atoms with Gasteiger partial charge in [0, 0.05) is 33.0 Å². The predicted molar refractivity (Wildman–Crippen MR) is 84.3 cm³/mol. The highest BCUT2D eigenvalue weighted by molar-refractivity contribution is 14.1. The average Bonchev–Trinajstić information content (AvgIpc) is 2.37. The number of methoxy groups -OCH3 is 1. The first kappa shape index (κ1) is 16.9. The van der Waals surface area contributed by atoms with E-state index in [4.69, 9.17) is 9.47 Å². The van der Waals surface area contributed by atoms with Gasteiger partial charge in [0.2, 0.25) is 0 Å². The third-order valence-corrected chi connectivity index (χ3v) is 4.11. The standard InChI is InChI=1S/C14H24INO3/c1-11(17)19-14-7-9-16(2)10-12(14)13(18-3)6-4-5-8-15/h5,8,12-14H,4,6-7,9-10H2,1-3H3/b8-5+. The molecule has 0 saturated carbocycles. The van der Waals surface area contributed by atoms with Gasteiger partial charge in [-0.3, -0.25) is 4.79 Å². The summed E-state index contributed by atoms with van der Waals surface area (Å²) in [5, 5.41) is 0. The van der Waals surface area contributed by atoms with Crippen LogP contribution in [0.25, 0.3) is 0 Å². The Bertz CT molecular complexity index is 309. The molecular weight excluding hydrogens is 357 g/mol. The van der Waals surface area contributed by atoms with Gasteiger partial charge in [0.05, 0.1) is 6.10 Å². The van der Waals surface area contributed by atoms with Gasteiger partial charge in [-0.2, -0.15) is 0 Å². The van der Waals surface area contributed by atoms with E-state index >= 15 is 0 Å². The van der Waals surface area contributed by atoms with Gasteiger partial charge >= 0.3 is 5.97 Å². The first-order chi connectivity index (χ1) is 9.08. The number of ether oxygens (including phenoxy) is 2. The Balaban J connectivity index is 2.66. The molecule has 0 N–H and O–H groups in total. The van der Waals surface area contributed by atoms with Gasteiger partial charge in [-0.1, -0.05) is 28.7 Å². The highest BCUT2D eigenvalue weighted by Crippen LogP contribution is 2.26. The molecule has 0 bridgehead atoms. The van der Waals surface area contributed by atoms with Crippen molar-refractivity contribution < 1.29 is 14.3 Å². The number of carbonyl (C=O) groups excluding carboxylic acids is 1. The lowest BCUT2D eigenvalue weighted by Crippen LogP contribution is -2.48. The topological polar surface area (TPSA) is 38.8 Å². The summed E-state index contributed by atoms with van der Waals surface area (Å²) in [5.74, 6) is 0.0665. The van der Waals surface area contributed by atoms with Gasteiger partial charge in [-0.15, -0.1) is 0 Å². The highest BCUT2D eigenvalue weighted by atomic mass is 127. The fourth-order valence-corrected chi connectivity index (χ4v) is 3.04. The van der Waals surface area contributed by atoms with Gasteiger partial charge in [0.25, 0.3) is 0 Å². The molecule has 1 rings (SSSR count). The van der Waals surface area contributed by atoms with Crippen LogP contribution in [0.1, 0.15) is 26.2 Å². The minimum atomic E-state index is -0.193. The van der Waals surface area contributed by atoms with Gasteiger partial charge in [0.1, 0.15) is 6.10 Å². The maximum Gasteiger partial charge on any atom is 0.302 e. The second-order valence-electron chi connectivity index (χ2n) is 5.08. The van der Waals surface area contributed by atoms with Crippen LogP contribution >= 0.6 is 22.6 Å². The number of carbonyl (C=O) groups is 1. The Hall–Kier alpha value is -0.140. The van der Waals surface area contributed by atoms with Crippen molar-refractivity contribution in [3.8, 4) is 0 Å². The average molecular weight is 381 g/mol. The summed E-state index contributed by atoms with van der Waals surface area (Å²) < 4.78 is 13.1. The normalized spacial score (nSPS) is 26.5. The summed E-state index contributed by atoms with van der Waals surface area (Å²) in [5.41, 5.74) is 0. The van der Waals surface area contributed by atoms with Gasteiger partial charge < -0.3 is 14.4 Å². The fourth-order valence-electron chi connectivity index (χ4n) is 2.68. The number of hydrogen-bond acceptors (Lipinski definition) is 4. The van der Waals surface area contributed by atoms with Crippen LogP contribution in [0.5, 0.6) is 0 Å². The van der Waals surface area contributed by atoms with Crippen LogP contribution in [-0.2, 0) is 14.3 Å². The van der Waals surface area contributed by atoms with Gasteiger partial charge in [-0.25, -0.2) is 0 Å². The zero-order valence-electron chi connectivity index (χ0n) is 12.0. The summed E-state index contributed by atoms with van der Waals surface area (Å²) >= 11 is 2.23. The van der Waals surface area contributed by atoms with Crippen LogP contribution < -0.4 is 0 Å². The lowest BCUT2D eigenvalue weighted by atomic mass is 9.87. The van der Waals surface area contributed by atoms with E-state index < -0.39 is 0 Å². The van der Waals surface area contributed by atoms with Crippen LogP contribution in [0, 0.1) is 5.92 Å². The molecule has 0 aromatic heterocycles. The number of likely N-dealkylation sites (tertiary alicyclic amines) is 1. The van der Waals surface area contributed by atoms with Gasteiger partial charge in [-0.05, 0) is 30.4 Å². The molecule has 0 radical (unpaired) electrons. The maximum atomic E-state index is 11.2. The molecule has 1 saturated heterocycles. The van der Waals surface area contributed by atoms with Crippen molar-refractivity contribution in [2.75, 3.05) is 27.2 Å². The monoisotopic (exact) mass is 381 g/mol. The largest absolute Gasteiger partial charge is 0.462 e. The molecule has 3 atom stereocenters. The Morgan fingerprint density at radius 3 is 2.89 bits per heavy atom. The molecule has 3 unspecified atom stereocenters. The number of halogens is 1. The Kier molecular flexibility index (Phi) is 7.94. The van der Waals surface area contributed by atoms with Crippen LogP contribution in [0.4, 0.5) is 0 Å². The van der Waals surface area contributed by atoms with Crippen LogP contribution in [-0.4, -0.2) is 50.3 Å². The van der Waals surface area contributed by atoms with Crippen molar-refractivity contribution in [1.82, 2.24) is 4.90 Å². The minimum absolute atomic E-state index is 0.0118. The van der Waals surface area contributed by atoms with Gasteiger partial charge in [0.15, 0.2) is 0 Å². The molecule has 0 aliphatic carbocycles. The molecule has 1 aliphatic rings. The molecule has 1 fully saturated rings. The first-order valence-corrected chi connectivity index (χ1v) is 7.96. The summed E-state index contributed by atoms with van der Waals surface area (Å²) in [6.07, 6.45) is 5.12. The number of esters is 1. The molecule has 0 spiro atoms. The fraction of sp³-hybridized carbons (Fsp3) is 0.786. The lowest BCUT2D eigenvalue weighted by molar-refractivity contribution is -0.156. The van der Waals surface area contributed by atoms with E-state index in [1.54, 1.807) is 7.11 Å². The first-order valence-electron chi connectivity index (χ1n) is 6.72. The van der Waals surface area contributed by atoms with Crippen LogP contribution in [0.2, 0.25) is 0 Å². The lowest BCUT2D eigenvalue weighted by Gasteiger charge is -2.39. The molecule has 110 valence electrons. The maximum absolute atomic E-state index is 11.2. The molecule has 4 nitrogen and oxygen atoms in total. The van der Waals surface area contributed by atoms with E-state index in [0.29, 0.717) is 0 Å². The minimum Gasteiger partial charge on any atom is -0.462 e. The smallest absolute Gasteiger partial charge is 0.302 e. The van der Waals surface area contributed by atoms with Crippen LogP contribution in [0.15, 0.2) is 10.2 Å². The van der Waals surface area contributed by atoms with Crippen molar-refractivity contribution in [2.24, 2.45) is 5.92 Å². The Labute approximate surface area is 129 Å². The van der Waals surface area contributed by atoms with Crippen molar-refractivity contribution in [2.45, 2.75) is 38.4 Å². The number of rotatable bonds is 6. The second kappa shape index (κ2) is 8.92. The molecule has 19 heavy (non-hydrogen) atoms. The molecule has 0 amide bonds. The zero-order chi connectivity index (χ0) is 14.3. The zero-order valence-corrected chi connectivity index (χ0v) is 14.1. The quantitative estimate of drug-likeness (QED) is 0.524. The molecular formula is C14H24INO3. The van der Waals surface area contributed by atoms with E-state index in [2.05, 4.69) is 40.6 Å². The molecule has 1 heterocycles. The summed E-state index contributed by atoms with van der Waals surface area (Å²) in [6, 6.07) is 0. The number of allylic oxidation sites excluding steroid dienone is 1. The Morgan fingerprint density at radius 1 is 1.58 bits per heavy atom. The summed E-state index contributed by atoms with van der Waals surface area (Å²) in [6.45, 7) is 3.37. The highest BCUT2D eigenvalue weighted by Gasteiger charge is 2.35.